The third-order valence-electron chi connectivity index (χ3n) is 1.65. The Morgan fingerprint density at radius 2 is 2.29 bits per heavy atom. The highest BCUT2D eigenvalue weighted by Gasteiger charge is 2.10. The molecule has 0 amide bonds. The van der Waals surface area contributed by atoms with Crippen molar-refractivity contribution in [3.8, 4) is 0 Å². The summed E-state index contributed by atoms with van der Waals surface area (Å²) in [6.45, 7) is 0. The van der Waals surface area contributed by atoms with Gasteiger partial charge in [0.15, 0.2) is 0 Å². The second kappa shape index (κ2) is 4.75. The third-order valence-corrected chi connectivity index (χ3v) is 2.68. The van der Waals surface area contributed by atoms with E-state index in [4.69, 9.17) is 11.6 Å². The summed E-state index contributed by atoms with van der Waals surface area (Å²) in [5.41, 5.74) is 0.513. The van der Waals surface area contributed by atoms with Crippen LogP contribution in [0.15, 0.2) is 16.6 Å². The van der Waals surface area contributed by atoms with E-state index in [1.807, 2.05) is 0 Å². The first kappa shape index (κ1) is 11.5. The van der Waals surface area contributed by atoms with E-state index < -0.39 is 11.8 Å². The first-order chi connectivity index (χ1) is 6.54. The predicted molar refractivity (Wildman–Crippen MR) is 54.8 cm³/mol. The van der Waals surface area contributed by atoms with Gasteiger partial charge >= 0.3 is 5.97 Å². The van der Waals surface area contributed by atoms with Crippen molar-refractivity contribution in [2.45, 2.75) is 6.42 Å². The summed E-state index contributed by atoms with van der Waals surface area (Å²) in [6, 6.07) is 2.62. The molecule has 0 radical (unpaired) electrons. The zero-order valence-electron chi connectivity index (χ0n) is 7.31. The maximum Gasteiger partial charge on any atom is 0.310 e. The summed E-state index contributed by atoms with van der Waals surface area (Å²) in [4.78, 5) is 10.9. The van der Waals surface area contributed by atoms with E-state index in [0.29, 0.717) is 10.0 Å². The van der Waals surface area contributed by atoms with Crippen LogP contribution in [-0.2, 0) is 16.0 Å². The molecule has 5 heteroatoms. The highest BCUT2D eigenvalue weighted by molar-refractivity contribution is 9.10. The molecule has 1 rings (SSSR count). The smallest absolute Gasteiger partial charge is 0.310 e. The zero-order valence-corrected chi connectivity index (χ0v) is 9.65. The van der Waals surface area contributed by atoms with Crippen LogP contribution in [0.1, 0.15) is 5.56 Å². The second-order valence-electron chi connectivity index (χ2n) is 2.61. The molecule has 2 nitrogen and oxygen atoms in total. The number of rotatable bonds is 2. The van der Waals surface area contributed by atoms with Crippen LogP contribution in [-0.4, -0.2) is 13.1 Å². The maximum absolute atomic E-state index is 13.0. The lowest BCUT2D eigenvalue weighted by molar-refractivity contribution is -0.139. The number of hydrogen-bond acceptors (Lipinski definition) is 2. The van der Waals surface area contributed by atoms with Gasteiger partial charge in [-0.1, -0.05) is 27.5 Å². The predicted octanol–water partition coefficient (Wildman–Crippen LogP) is 2.96. The Morgan fingerprint density at radius 3 is 2.86 bits per heavy atom. The number of hydrogen-bond donors (Lipinski definition) is 0. The van der Waals surface area contributed by atoms with E-state index in [2.05, 4.69) is 20.7 Å². The topological polar surface area (TPSA) is 26.3 Å². The first-order valence-corrected chi connectivity index (χ1v) is 4.92. The van der Waals surface area contributed by atoms with Crippen LogP contribution in [0.5, 0.6) is 0 Å². The summed E-state index contributed by atoms with van der Waals surface area (Å²) in [6.07, 6.45) is 0.0190. The molecule has 0 bridgehead atoms. The zero-order chi connectivity index (χ0) is 10.7. The Kier molecular flexibility index (Phi) is 3.89. The molecule has 0 aliphatic rings. The van der Waals surface area contributed by atoms with Gasteiger partial charge in [-0.05, 0) is 17.7 Å². The summed E-state index contributed by atoms with van der Waals surface area (Å²) in [5, 5.41) is 0.0190. The molecule has 0 saturated carbocycles. The summed E-state index contributed by atoms with van der Waals surface area (Å²) < 4.78 is 18.1. The fourth-order valence-corrected chi connectivity index (χ4v) is 1.71. The van der Waals surface area contributed by atoms with Gasteiger partial charge in [-0.2, -0.15) is 0 Å². The Bertz CT molecular complexity index is 368. The van der Waals surface area contributed by atoms with Gasteiger partial charge in [-0.3, -0.25) is 4.79 Å². The van der Waals surface area contributed by atoms with Gasteiger partial charge in [0.2, 0.25) is 0 Å². The lowest BCUT2D eigenvalue weighted by Crippen LogP contribution is -2.05. The summed E-state index contributed by atoms with van der Waals surface area (Å²) >= 11 is 8.72. The SMILES string of the molecule is COC(=O)Cc1cc(F)c(Cl)cc1Br. The van der Waals surface area contributed by atoms with Gasteiger partial charge in [0, 0.05) is 4.47 Å². The third kappa shape index (κ3) is 2.69. The number of carbonyl (C=O) groups excluding carboxylic acids is 1. The highest BCUT2D eigenvalue weighted by Crippen LogP contribution is 2.25. The van der Waals surface area contributed by atoms with Crippen molar-refractivity contribution in [3.05, 3.63) is 33.0 Å². The fraction of sp³-hybridized carbons (Fsp3) is 0.222. The number of esters is 1. The molecule has 0 aliphatic heterocycles. The van der Waals surface area contributed by atoms with Crippen molar-refractivity contribution in [2.75, 3.05) is 7.11 Å². The molecule has 1 aromatic carbocycles. The molecule has 0 unspecified atom stereocenters. The van der Waals surface area contributed by atoms with E-state index in [1.165, 1.54) is 19.2 Å². The van der Waals surface area contributed by atoms with Crippen LogP contribution < -0.4 is 0 Å². The van der Waals surface area contributed by atoms with Gasteiger partial charge in [-0.15, -0.1) is 0 Å². The van der Waals surface area contributed by atoms with Crippen molar-refractivity contribution in [2.24, 2.45) is 0 Å². The molecule has 0 heterocycles. The fourth-order valence-electron chi connectivity index (χ4n) is 0.927. The standard InChI is InChI=1S/C9H7BrClFO2/c1-14-9(13)3-5-2-8(12)7(11)4-6(5)10/h2,4H,3H2,1H3. The van der Waals surface area contributed by atoms with Crippen molar-refractivity contribution >= 4 is 33.5 Å². The molecule has 0 fully saturated rings. The molecule has 76 valence electrons. The minimum absolute atomic E-state index is 0.0190. The molecule has 0 saturated heterocycles. The van der Waals surface area contributed by atoms with E-state index in [-0.39, 0.29) is 11.4 Å². The number of methoxy groups -OCH3 is 1. The van der Waals surface area contributed by atoms with E-state index >= 15 is 0 Å². The molecule has 1 aromatic rings. The largest absolute Gasteiger partial charge is 0.469 e. The highest BCUT2D eigenvalue weighted by atomic mass is 79.9. The quantitative estimate of drug-likeness (QED) is 0.615. The van der Waals surface area contributed by atoms with Gasteiger partial charge in [0.05, 0.1) is 18.6 Å². The Morgan fingerprint density at radius 1 is 1.64 bits per heavy atom. The van der Waals surface area contributed by atoms with E-state index in [0.717, 1.165) is 0 Å². The number of halogens is 3. The first-order valence-electron chi connectivity index (χ1n) is 3.75. The van der Waals surface area contributed by atoms with E-state index in [1.54, 1.807) is 0 Å². The van der Waals surface area contributed by atoms with Gasteiger partial charge < -0.3 is 4.74 Å². The number of carbonyl (C=O) groups is 1. The van der Waals surface area contributed by atoms with Crippen molar-refractivity contribution in [1.82, 2.24) is 0 Å². The molecule has 0 aliphatic carbocycles. The number of benzene rings is 1. The monoisotopic (exact) mass is 280 g/mol. The van der Waals surface area contributed by atoms with Crippen LogP contribution in [0.3, 0.4) is 0 Å². The Balaban J connectivity index is 2.98. The van der Waals surface area contributed by atoms with Crippen LogP contribution in [0.25, 0.3) is 0 Å². The Labute approximate surface area is 94.1 Å². The van der Waals surface area contributed by atoms with Crippen LogP contribution in [0.4, 0.5) is 4.39 Å². The average Bonchev–Trinajstić information content (AvgIpc) is 2.14. The number of ether oxygens (including phenoxy) is 1. The molecule has 0 aromatic heterocycles. The lowest BCUT2D eigenvalue weighted by Gasteiger charge is -2.04. The molecule has 0 spiro atoms. The molecular weight excluding hydrogens is 274 g/mol. The molecule has 0 N–H and O–H groups in total. The maximum atomic E-state index is 13.0. The second-order valence-corrected chi connectivity index (χ2v) is 3.87. The minimum Gasteiger partial charge on any atom is -0.469 e. The summed E-state index contributed by atoms with van der Waals surface area (Å²) in [7, 11) is 1.28. The average molecular weight is 282 g/mol. The van der Waals surface area contributed by atoms with Crippen LogP contribution in [0.2, 0.25) is 5.02 Å². The van der Waals surface area contributed by atoms with Crippen molar-refractivity contribution < 1.29 is 13.9 Å². The van der Waals surface area contributed by atoms with Crippen LogP contribution in [0, 0.1) is 5.82 Å². The molecular formula is C9H7BrClFO2. The van der Waals surface area contributed by atoms with Crippen LogP contribution >= 0.6 is 27.5 Å². The van der Waals surface area contributed by atoms with Crippen molar-refractivity contribution in [1.29, 1.82) is 0 Å². The van der Waals surface area contributed by atoms with Crippen molar-refractivity contribution in [3.63, 3.8) is 0 Å². The summed E-state index contributed by atoms with van der Waals surface area (Å²) in [5.74, 6) is -0.971. The Hall–Kier alpha value is -0.610. The molecule has 14 heavy (non-hydrogen) atoms. The minimum atomic E-state index is -0.547. The van der Waals surface area contributed by atoms with Gasteiger partial charge in [0.1, 0.15) is 5.82 Å². The molecule has 0 atom stereocenters. The van der Waals surface area contributed by atoms with Gasteiger partial charge in [0.25, 0.3) is 0 Å². The van der Waals surface area contributed by atoms with Gasteiger partial charge in [-0.25, -0.2) is 4.39 Å². The lowest BCUT2D eigenvalue weighted by atomic mass is 10.1. The van der Waals surface area contributed by atoms with E-state index in [9.17, 15) is 9.18 Å². The normalized spacial score (nSPS) is 10.0.